The first-order valence-corrected chi connectivity index (χ1v) is 9.09. The van der Waals surface area contributed by atoms with E-state index in [0.29, 0.717) is 6.42 Å². The van der Waals surface area contributed by atoms with Gasteiger partial charge in [0, 0.05) is 6.42 Å². The topological polar surface area (TPSA) is 63.7 Å². The van der Waals surface area contributed by atoms with Gasteiger partial charge in [-0.3, -0.25) is 14.4 Å². The van der Waals surface area contributed by atoms with E-state index in [2.05, 4.69) is 20.8 Å². The number of allylic oxidation sites excluding steroid dienone is 1. The molecule has 4 atom stereocenters. The van der Waals surface area contributed by atoms with Crippen LogP contribution in [0.15, 0.2) is 11.6 Å². The molecular weight excluding hydrogens is 304 g/mol. The number of ketones is 3. The molecule has 4 nitrogen and oxygen atoms in total. The highest BCUT2D eigenvalue weighted by Gasteiger charge is 2.86. The summed E-state index contributed by atoms with van der Waals surface area (Å²) >= 11 is 0. The molecule has 4 rings (SSSR count). The van der Waals surface area contributed by atoms with E-state index in [9.17, 15) is 14.4 Å². The van der Waals surface area contributed by atoms with E-state index in [-0.39, 0.29) is 28.4 Å². The Bertz CT molecular complexity index is 715. The fourth-order valence-corrected chi connectivity index (χ4v) is 6.20. The molecule has 0 radical (unpaired) electrons. The van der Waals surface area contributed by atoms with Crippen molar-refractivity contribution in [3.63, 3.8) is 0 Å². The molecule has 24 heavy (non-hydrogen) atoms. The first-order chi connectivity index (χ1) is 11.0. The lowest BCUT2D eigenvalue weighted by Gasteiger charge is -2.56. The maximum Gasteiger partial charge on any atom is 0.238 e. The van der Waals surface area contributed by atoms with Crippen LogP contribution in [0.4, 0.5) is 0 Å². The smallest absolute Gasteiger partial charge is 0.238 e. The molecule has 2 saturated carbocycles. The summed E-state index contributed by atoms with van der Waals surface area (Å²) in [5.74, 6) is -1.03. The van der Waals surface area contributed by atoms with Crippen LogP contribution in [0.3, 0.4) is 0 Å². The van der Waals surface area contributed by atoms with Crippen molar-refractivity contribution in [2.75, 3.05) is 0 Å². The maximum absolute atomic E-state index is 13.2. The average molecular weight is 330 g/mol. The minimum Gasteiger partial charge on any atom is -0.340 e. The van der Waals surface area contributed by atoms with Crippen LogP contribution in [0, 0.1) is 22.7 Å². The zero-order chi connectivity index (χ0) is 17.7. The Hall–Kier alpha value is -1.29. The fraction of sp³-hybridized carbons (Fsp3) is 0.750. The van der Waals surface area contributed by atoms with E-state index in [1.54, 1.807) is 0 Å². The van der Waals surface area contributed by atoms with Gasteiger partial charge in [0.1, 0.15) is 0 Å². The van der Waals surface area contributed by atoms with Crippen LogP contribution in [0.1, 0.15) is 60.3 Å². The second kappa shape index (κ2) is 4.27. The maximum atomic E-state index is 13.2. The molecule has 0 N–H and O–H groups in total. The van der Waals surface area contributed by atoms with Gasteiger partial charge in [0.25, 0.3) is 0 Å². The number of ether oxygens (including phenoxy) is 1. The van der Waals surface area contributed by atoms with Crippen molar-refractivity contribution in [2.45, 2.75) is 71.5 Å². The van der Waals surface area contributed by atoms with Crippen LogP contribution < -0.4 is 0 Å². The van der Waals surface area contributed by atoms with Crippen LogP contribution >= 0.6 is 0 Å². The van der Waals surface area contributed by atoms with Gasteiger partial charge in [-0.1, -0.05) is 41.0 Å². The lowest BCUT2D eigenvalue weighted by Crippen LogP contribution is -2.60. The summed E-state index contributed by atoms with van der Waals surface area (Å²) in [5.41, 5.74) is -1.82. The van der Waals surface area contributed by atoms with Gasteiger partial charge in [-0.05, 0) is 47.2 Å². The van der Waals surface area contributed by atoms with Gasteiger partial charge >= 0.3 is 0 Å². The normalized spacial score (nSPS) is 46.2. The number of fused-ring (bicyclic) bond motifs is 2. The molecule has 0 aromatic rings. The minimum atomic E-state index is -1.25. The number of epoxide rings is 1. The fourth-order valence-electron chi connectivity index (χ4n) is 6.20. The zero-order valence-electron chi connectivity index (χ0n) is 15.2. The van der Waals surface area contributed by atoms with Crippen molar-refractivity contribution in [1.82, 2.24) is 0 Å². The highest BCUT2D eigenvalue weighted by Crippen LogP contribution is 2.71. The Balaban J connectivity index is 1.94. The second-order valence-electron chi connectivity index (χ2n) is 9.36. The van der Waals surface area contributed by atoms with Gasteiger partial charge in [0.05, 0.1) is 0 Å². The summed E-state index contributed by atoms with van der Waals surface area (Å²) in [7, 11) is 0. The predicted molar refractivity (Wildman–Crippen MR) is 88.3 cm³/mol. The van der Waals surface area contributed by atoms with E-state index >= 15 is 0 Å². The Labute approximate surface area is 143 Å². The summed E-state index contributed by atoms with van der Waals surface area (Å²) in [6.07, 6.45) is 5.00. The van der Waals surface area contributed by atoms with Crippen LogP contribution in [0.5, 0.6) is 0 Å². The minimum absolute atomic E-state index is 0.000694. The predicted octanol–water partition coefficient (Wildman–Crippen LogP) is 3.03. The largest absolute Gasteiger partial charge is 0.340 e. The third kappa shape index (κ3) is 1.48. The average Bonchev–Trinajstić information content (AvgIpc) is 3.18. The molecule has 0 amide bonds. The first-order valence-electron chi connectivity index (χ1n) is 9.09. The van der Waals surface area contributed by atoms with Crippen molar-refractivity contribution < 1.29 is 19.1 Å². The number of hydrogen-bond acceptors (Lipinski definition) is 4. The van der Waals surface area contributed by atoms with Gasteiger partial charge < -0.3 is 4.74 Å². The zero-order valence-corrected chi connectivity index (χ0v) is 15.2. The molecule has 3 aliphatic carbocycles. The van der Waals surface area contributed by atoms with Crippen LogP contribution in [-0.4, -0.2) is 28.6 Å². The summed E-state index contributed by atoms with van der Waals surface area (Å²) in [4.78, 5) is 38.3. The standard InChI is InChI=1S/C20H26O4/c1-11(2)19-16(23)12(21)9-14-18(5)8-6-7-17(3,4)13(18)10-15(22)20(14,19)24-19/h9,11,13H,6-8,10H2,1-5H3. The van der Waals surface area contributed by atoms with E-state index in [0.717, 1.165) is 24.8 Å². The molecule has 1 saturated heterocycles. The highest BCUT2D eigenvalue weighted by atomic mass is 16.6. The number of hydrogen-bond donors (Lipinski definition) is 0. The molecule has 4 heteroatoms. The molecule has 0 aromatic carbocycles. The third-order valence-electron chi connectivity index (χ3n) is 7.45. The SMILES string of the molecule is CC(C)C12OC13C(=O)CC1C(C)(C)CCCC1(C)C3=CC(=O)C2=O. The van der Waals surface area contributed by atoms with Gasteiger partial charge in [0.2, 0.25) is 11.6 Å². The Morgan fingerprint density at radius 1 is 1.12 bits per heavy atom. The quantitative estimate of drug-likeness (QED) is 0.547. The van der Waals surface area contributed by atoms with E-state index in [1.165, 1.54) is 6.08 Å². The number of carbonyl (C=O) groups excluding carboxylic acids is 3. The second-order valence-corrected chi connectivity index (χ2v) is 9.36. The van der Waals surface area contributed by atoms with E-state index < -0.39 is 22.8 Å². The van der Waals surface area contributed by atoms with Gasteiger partial charge in [-0.15, -0.1) is 0 Å². The summed E-state index contributed by atoms with van der Waals surface area (Å²) < 4.78 is 6.01. The van der Waals surface area contributed by atoms with Crippen molar-refractivity contribution in [2.24, 2.45) is 22.7 Å². The van der Waals surface area contributed by atoms with Crippen LogP contribution in [0.2, 0.25) is 0 Å². The molecule has 130 valence electrons. The van der Waals surface area contributed by atoms with Crippen molar-refractivity contribution >= 4 is 17.3 Å². The summed E-state index contributed by atoms with van der Waals surface area (Å²) in [6, 6.07) is 0. The van der Waals surface area contributed by atoms with Crippen molar-refractivity contribution in [3.8, 4) is 0 Å². The Morgan fingerprint density at radius 3 is 2.42 bits per heavy atom. The monoisotopic (exact) mass is 330 g/mol. The number of rotatable bonds is 1. The Kier molecular flexibility index (Phi) is 2.88. The highest BCUT2D eigenvalue weighted by molar-refractivity contribution is 6.48. The van der Waals surface area contributed by atoms with Crippen molar-refractivity contribution in [3.05, 3.63) is 11.6 Å². The molecule has 4 aliphatic rings. The Morgan fingerprint density at radius 2 is 1.79 bits per heavy atom. The van der Waals surface area contributed by atoms with Crippen LogP contribution in [-0.2, 0) is 19.1 Å². The van der Waals surface area contributed by atoms with Crippen LogP contribution in [0.25, 0.3) is 0 Å². The first kappa shape index (κ1) is 16.2. The molecule has 4 unspecified atom stereocenters. The number of carbonyl (C=O) groups is 3. The molecule has 1 heterocycles. The molecule has 0 bridgehead atoms. The van der Waals surface area contributed by atoms with Crippen molar-refractivity contribution in [1.29, 1.82) is 0 Å². The lowest BCUT2D eigenvalue weighted by atomic mass is 9.45. The third-order valence-corrected chi connectivity index (χ3v) is 7.45. The molecule has 3 fully saturated rings. The molecule has 0 aromatic heterocycles. The van der Waals surface area contributed by atoms with Gasteiger partial charge in [0.15, 0.2) is 17.0 Å². The van der Waals surface area contributed by atoms with E-state index in [4.69, 9.17) is 4.74 Å². The summed E-state index contributed by atoms with van der Waals surface area (Å²) in [5, 5.41) is 0. The van der Waals surface area contributed by atoms with Gasteiger partial charge in [-0.25, -0.2) is 0 Å². The van der Waals surface area contributed by atoms with E-state index in [1.807, 2.05) is 13.8 Å². The van der Waals surface area contributed by atoms with Gasteiger partial charge in [-0.2, -0.15) is 0 Å². The number of Topliss-reactive ketones (excluding diaryl/α,β-unsaturated/α-hetero) is 2. The molecular formula is C20H26O4. The molecule has 1 spiro atoms. The lowest BCUT2D eigenvalue weighted by molar-refractivity contribution is -0.140. The molecule has 1 aliphatic heterocycles. The summed E-state index contributed by atoms with van der Waals surface area (Å²) in [6.45, 7) is 10.4.